The van der Waals surface area contributed by atoms with E-state index in [9.17, 15) is 9.90 Å². The van der Waals surface area contributed by atoms with E-state index in [1.54, 1.807) is 0 Å². The van der Waals surface area contributed by atoms with E-state index >= 15 is 0 Å². The Morgan fingerprint density at radius 2 is 2.10 bits per heavy atom. The number of hydrogen-bond acceptors (Lipinski definition) is 3. The lowest BCUT2D eigenvalue weighted by atomic mass is 9.69. The minimum absolute atomic E-state index is 0.392. The standard InChI is InChI=1S/C16H32N2O2/c1-6-18(14(3)11-17(4)5)12-16(15(19)20)9-7-8-13(2)10-16/h13-14H,6-12H2,1-5H3,(H,19,20). The third kappa shape index (κ3) is 4.45. The maximum atomic E-state index is 11.9. The van der Waals surface area contributed by atoms with E-state index in [0.29, 0.717) is 18.5 Å². The first-order chi connectivity index (χ1) is 9.30. The highest BCUT2D eigenvalue weighted by Gasteiger charge is 2.43. The summed E-state index contributed by atoms with van der Waals surface area (Å²) in [4.78, 5) is 16.4. The normalized spacial score (nSPS) is 28.9. The Morgan fingerprint density at radius 1 is 1.45 bits per heavy atom. The van der Waals surface area contributed by atoms with Crippen LogP contribution in [0, 0.1) is 11.3 Å². The number of rotatable bonds is 7. The molecule has 3 atom stereocenters. The number of carboxylic acids is 1. The van der Waals surface area contributed by atoms with Crippen molar-refractivity contribution in [3.05, 3.63) is 0 Å². The van der Waals surface area contributed by atoms with Crippen molar-refractivity contribution >= 4 is 5.97 Å². The van der Waals surface area contributed by atoms with Gasteiger partial charge in [0.2, 0.25) is 0 Å². The number of aliphatic carboxylic acids is 1. The summed E-state index contributed by atoms with van der Waals surface area (Å²) in [5.74, 6) is -0.0673. The average Bonchev–Trinajstić information content (AvgIpc) is 2.34. The molecule has 0 heterocycles. The van der Waals surface area contributed by atoms with E-state index in [2.05, 4.69) is 44.7 Å². The molecule has 4 nitrogen and oxygen atoms in total. The highest BCUT2D eigenvalue weighted by molar-refractivity contribution is 5.75. The summed E-state index contributed by atoms with van der Waals surface area (Å²) in [6.45, 7) is 9.10. The Kier molecular flexibility index (Phi) is 6.46. The topological polar surface area (TPSA) is 43.8 Å². The Labute approximate surface area is 124 Å². The molecule has 0 aromatic heterocycles. The summed E-state index contributed by atoms with van der Waals surface area (Å²) in [5.41, 5.74) is -0.533. The van der Waals surface area contributed by atoms with Crippen LogP contribution in [-0.4, -0.2) is 60.6 Å². The largest absolute Gasteiger partial charge is 0.481 e. The number of carbonyl (C=O) groups is 1. The summed E-state index contributed by atoms with van der Waals surface area (Å²) in [6.07, 6.45) is 3.88. The van der Waals surface area contributed by atoms with Gasteiger partial charge in [0.25, 0.3) is 0 Å². The van der Waals surface area contributed by atoms with Gasteiger partial charge >= 0.3 is 5.97 Å². The zero-order chi connectivity index (χ0) is 15.3. The van der Waals surface area contributed by atoms with E-state index in [0.717, 1.165) is 32.4 Å². The monoisotopic (exact) mass is 284 g/mol. The second-order valence-electron chi connectivity index (χ2n) is 6.96. The van der Waals surface area contributed by atoms with Gasteiger partial charge in [-0.1, -0.05) is 26.7 Å². The van der Waals surface area contributed by atoms with Crippen LogP contribution in [0.1, 0.15) is 46.5 Å². The molecule has 0 aliphatic heterocycles. The first kappa shape index (κ1) is 17.4. The van der Waals surface area contributed by atoms with E-state index < -0.39 is 11.4 Å². The SMILES string of the molecule is CCN(CC1(C(=O)O)CCCC(C)C1)C(C)CN(C)C. The van der Waals surface area contributed by atoms with E-state index in [1.807, 2.05) is 0 Å². The minimum Gasteiger partial charge on any atom is -0.481 e. The summed E-state index contributed by atoms with van der Waals surface area (Å²) in [7, 11) is 4.14. The van der Waals surface area contributed by atoms with Crippen molar-refractivity contribution in [2.45, 2.75) is 52.5 Å². The molecular formula is C16H32N2O2. The van der Waals surface area contributed by atoms with Gasteiger partial charge in [-0.25, -0.2) is 0 Å². The molecule has 0 aromatic rings. The molecule has 4 heteroatoms. The molecule has 0 bridgehead atoms. The molecule has 1 aliphatic rings. The lowest BCUT2D eigenvalue weighted by Crippen LogP contribution is -2.50. The van der Waals surface area contributed by atoms with E-state index in [-0.39, 0.29) is 0 Å². The Balaban J connectivity index is 2.79. The van der Waals surface area contributed by atoms with Crippen LogP contribution in [0.25, 0.3) is 0 Å². The fourth-order valence-electron chi connectivity index (χ4n) is 3.68. The number of likely N-dealkylation sites (N-methyl/N-ethyl adjacent to an activating group) is 2. The average molecular weight is 284 g/mol. The molecular weight excluding hydrogens is 252 g/mol. The zero-order valence-electron chi connectivity index (χ0n) is 13.9. The highest BCUT2D eigenvalue weighted by Crippen LogP contribution is 2.40. The molecule has 0 amide bonds. The third-order valence-corrected chi connectivity index (χ3v) is 4.71. The minimum atomic E-state index is -0.598. The third-order valence-electron chi connectivity index (χ3n) is 4.71. The molecule has 1 saturated carbocycles. The van der Waals surface area contributed by atoms with E-state index in [1.165, 1.54) is 6.42 Å². The van der Waals surface area contributed by atoms with Crippen LogP contribution >= 0.6 is 0 Å². The number of nitrogens with zero attached hydrogens (tertiary/aromatic N) is 2. The zero-order valence-corrected chi connectivity index (χ0v) is 13.9. The second-order valence-corrected chi connectivity index (χ2v) is 6.96. The van der Waals surface area contributed by atoms with Crippen LogP contribution in [0.3, 0.4) is 0 Å². The van der Waals surface area contributed by atoms with Crippen molar-refractivity contribution in [2.24, 2.45) is 11.3 Å². The molecule has 0 aromatic carbocycles. The molecule has 1 N–H and O–H groups in total. The Bertz CT molecular complexity index is 320. The van der Waals surface area contributed by atoms with Crippen molar-refractivity contribution in [3.8, 4) is 0 Å². The van der Waals surface area contributed by atoms with Crippen LogP contribution in [0.5, 0.6) is 0 Å². The molecule has 118 valence electrons. The predicted octanol–water partition coefficient (Wildman–Crippen LogP) is 2.54. The smallest absolute Gasteiger partial charge is 0.310 e. The molecule has 1 fully saturated rings. The maximum Gasteiger partial charge on any atom is 0.310 e. The molecule has 3 unspecified atom stereocenters. The molecule has 20 heavy (non-hydrogen) atoms. The van der Waals surface area contributed by atoms with Crippen LogP contribution < -0.4 is 0 Å². The lowest BCUT2D eigenvalue weighted by molar-refractivity contribution is -0.154. The van der Waals surface area contributed by atoms with Gasteiger partial charge in [-0.3, -0.25) is 9.69 Å². The van der Waals surface area contributed by atoms with Crippen molar-refractivity contribution < 1.29 is 9.90 Å². The van der Waals surface area contributed by atoms with Gasteiger partial charge in [-0.2, -0.15) is 0 Å². The first-order valence-electron chi connectivity index (χ1n) is 7.93. The predicted molar refractivity (Wildman–Crippen MR) is 83.0 cm³/mol. The Morgan fingerprint density at radius 3 is 2.55 bits per heavy atom. The molecule has 0 saturated heterocycles. The summed E-state index contributed by atoms with van der Waals surface area (Å²) >= 11 is 0. The van der Waals surface area contributed by atoms with Gasteiger partial charge in [-0.05, 0) is 46.3 Å². The van der Waals surface area contributed by atoms with Gasteiger partial charge in [0, 0.05) is 19.1 Å². The van der Waals surface area contributed by atoms with E-state index in [4.69, 9.17) is 0 Å². The highest BCUT2D eigenvalue weighted by atomic mass is 16.4. The van der Waals surface area contributed by atoms with Gasteiger partial charge < -0.3 is 10.0 Å². The molecule has 0 spiro atoms. The van der Waals surface area contributed by atoms with Gasteiger partial charge in [0.1, 0.15) is 0 Å². The van der Waals surface area contributed by atoms with Gasteiger partial charge in [0.05, 0.1) is 5.41 Å². The summed E-state index contributed by atoms with van der Waals surface area (Å²) < 4.78 is 0. The van der Waals surface area contributed by atoms with Gasteiger partial charge in [-0.15, -0.1) is 0 Å². The molecule has 1 rings (SSSR count). The van der Waals surface area contributed by atoms with Crippen molar-refractivity contribution in [3.63, 3.8) is 0 Å². The van der Waals surface area contributed by atoms with Crippen molar-refractivity contribution in [1.82, 2.24) is 9.80 Å². The molecule has 1 aliphatic carbocycles. The van der Waals surface area contributed by atoms with Gasteiger partial charge in [0.15, 0.2) is 0 Å². The number of hydrogen-bond donors (Lipinski definition) is 1. The second kappa shape index (κ2) is 7.41. The van der Waals surface area contributed by atoms with Crippen LogP contribution in [0.15, 0.2) is 0 Å². The lowest BCUT2D eigenvalue weighted by Gasteiger charge is -2.42. The fourth-order valence-corrected chi connectivity index (χ4v) is 3.68. The summed E-state index contributed by atoms with van der Waals surface area (Å²) in [5, 5.41) is 9.78. The number of carboxylic acid groups (broad SMARTS) is 1. The summed E-state index contributed by atoms with van der Waals surface area (Å²) in [6, 6.07) is 0.392. The molecule has 0 radical (unpaired) electrons. The fraction of sp³-hybridized carbons (Fsp3) is 0.938. The first-order valence-corrected chi connectivity index (χ1v) is 7.93. The van der Waals surface area contributed by atoms with Crippen LogP contribution in [0.4, 0.5) is 0 Å². The van der Waals surface area contributed by atoms with Crippen molar-refractivity contribution in [1.29, 1.82) is 0 Å². The maximum absolute atomic E-state index is 11.9. The van der Waals surface area contributed by atoms with Crippen LogP contribution in [0.2, 0.25) is 0 Å². The Hall–Kier alpha value is -0.610. The quantitative estimate of drug-likeness (QED) is 0.780. The van der Waals surface area contributed by atoms with Crippen molar-refractivity contribution in [2.75, 3.05) is 33.7 Å². The van der Waals surface area contributed by atoms with Crippen LogP contribution in [-0.2, 0) is 4.79 Å².